The minimum Gasteiger partial charge on any atom is -0.368 e. The van der Waals surface area contributed by atoms with Gasteiger partial charge in [-0.15, -0.1) is 11.3 Å². The summed E-state index contributed by atoms with van der Waals surface area (Å²) in [5, 5.41) is 3.58. The highest BCUT2D eigenvalue weighted by Gasteiger charge is 2.12. The van der Waals surface area contributed by atoms with Gasteiger partial charge in [-0.25, -0.2) is 0 Å². The zero-order valence-electron chi connectivity index (χ0n) is 17.6. The molecule has 2 heterocycles. The normalized spacial score (nSPS) is 40.4. The summed E-state index contributed by atoms with van der Waals surface area (Å²) in [4.78, 5) is 0.354. The second-order valence-electron chi connectivity index (χ2n) is 2.88. The highest BCUT2D eigenvalue weighted by molar-refractivity contribution is 7.17. The zero-order valence-corrected chi connectivity index (χ0v) is 8.40. The van der Waals surface area contributed by atoms with Gasteiger partial charge in [0.15, 0.2) is 0 Å². The Morgan fingerprint density at radius 2 is 2.27 bits per heavy atom. The van der Waals surface area contributed by atoms with Crippen LogP contribution in [0.25, 0.3) is 10.1 Å². The summed E-state index contributed by atoms with van der Waals surface area (Å²) < 4.78 is 80.5. The third kappa shape index (κ3) is 1.62. The molecule has 2 nitrogen and oxygen atoms in total. The molecule has 0 saturated carbocycles. The number of piperazine rings is 1. The average Bonchev–Trinajstić information content (AvgIpc) is 2.89. The predicted octanol–water partition coefficient (Wildman–Crippen LogP) is 2.31. The first-order valence-electron chi connectivity index (χ1n) is 9.31. The fourth-order valence-electron chi connectivity index (χ4n) is 1.38. The molecule has 0 radical (unpaired) electrons. The van der Waals surface area contributed by atoms with Crippen LogP contribution in [0.3, 0.4) is 0 Å². The maximum atomic E-state index is 8.16. The van der Waals surface area contributed by atoms with E-state index in [9.17, 15) is 0 Å². The Labute approximate surface area is 108 Å². The fourth-order valence-corrected chi connectivity index (χ4v) is 2.14. The largest absolute Gasteiger partial charge is 0.368 e. The van der Waals surface area contributed by atoms with Crippen LogP contribution in [-0.4, -0.2) is 26.0 Å². The average molecular weight is 228 g/mol. The molecular weight excluding hydrogens is 204 g/mol. The van der Waals surface area contributed by atoms with Gasteiger partial charge in [0.1, 0.15) is 0 Å². The van der Waals surface area contributed by atoms with Crippen molar-refractivity contribution in [2.24, 2.45) is 0 Å². The van der Waals surface area contributed by atoms with E-state index in [1.54, 1.807) is 10.7 Å². The molecule has 1 aliphatic heterocycles. The van der Waals surface area contributed by atoms with Crippen molar-refractivity contribution >= 4 is 27.1 Å². The Morgan fingerprint density at radius 3 is 3.13 bits per heavy atom. The first kappa shape index (κ1) is 3.47. The maximum absolute atomic E-state index is 8.16. The quantitative estimate of drug-likeness (QED) is 0.806. The van der Waals surface area contributed by atoms with Crippen LogP contribution in [0.4, 0.5) is 5.69 Å². The molecule has 1 N–H and O–H groups in total. The third-order valence-corrected chi connectivity index (χ3v) is 2.86. The highest BCUT2D eigenvalue weighted by atomic mass is 32.1. The number of rotatable bonds is 1. The Morgan fingerprint density at radius 1 is 1.40 bits per heavy atom. The monoisotopic (exact) mass is 228 g/mol. The van der Waals surface area contributed by atoms with Crippen LogP contribution in [0.15, 0.2) is 29.6 Å². The van der Waals surface area contributed by atoms with Crippen LogP contribution in [0.2, 0.25) is 0 Å². The maximum Gasteiger partial charge on any atom is 0.0645 e. The van der Waals surface area contributed by atoms with Crippen LogP contribution in [0, 0.1) is 0 Å². The minimum absolute atomic E-state index is 0.0148. The number of fused-ring (bicyclic) bond motifs is 1. The molecule has 1 aromatic heterocycles. The summed E-state index contributed by atoms with van der Waals surface area (Å²) in [5.74, 6) is 0. The molecule has 15 heavy (non-hydrogen) atoms. The molecule has 78 valence electrons. The molecule has 1 aliphatic rings. The molecule has 1 saturated heterocycles. The second-order valence-corrected chi connectivity index (χ2v) is 3.80. The number of anilines is 1. The molecule has 0 amide bonds. The molecule has 1 fully saturated rings. The van der Waals surface area contributed by atoms with E-state index < -0.39 is 26.0 Å². The van der Waals surface area contributed by atoms with Crippen molar-refractivity contribution in [2.45, 2.75) is 0 Å². The van der Waals surface area contributed by atoms with Gasteiger partial charge in [0.05, 0.1) is 8.22 Å². The van der Waals surface area contributed by atoms with Crippen molar-refractivity contribution in [3.05, 3.63) is 29.6 Å². The van der Waals surface area contributed by atoms with E-state index in [1.807, 2.05) is 0 Å². The summed E-state index contributed by atoms with van der Waals surface area (Å²) >= 11 is 1.16. The number of hydrogen-bond donors (Lipinski definition) is 1. The lowest BCUT2D eigenvalue weighted by Gasteiger charge is -2.30. The van der Waals surface area contributed by atoms with Gasteiger partial charge < -0.3 is 10.2 Å². The topological polar surface area (TPSA) is 15.3 Å². The Bertz CT molecular complexity index is 820. The summed E-state index contributed by atoms with van der Waals surface area (Å²) in [5.41, 5.74) is -0.281. The van der Waals surface area contributed by atoms with Crippen LogP contribution in [-0.2, 0) is 0 Å². The van der Waals surface area contributed by atoms with Gasteiger partial charge in [-0.2, -0.15) is 0 Å². The smallest absolute Gasteiger partial charge is 0.0645 e. The minimum atomic E-state index is -3.00. The standard InChI is InChI=1S/C12H14N2S/c1-2-11(14-7-5-13-6-8-14)10-4-9-15-12(10)3-1/h1-4,9,13H,5-8H2/i2D,3D,5D2,6D2,7D2,8D2. The molecule has 3 rings (SSSR count). The van der Waals surface area contributed by atoms with Crippen molar-refractivity contribution in [3.63, 3.8) is 0 Å². The lowest BCUT2D eigenvalue weighted by atomic mass is 10.2. The fraction of sp³-hybridized carbons (Fsp3) is 0.333. The highest BCUT2D eigenvalue weighted by Crippen LogP contribution is 2.30. The van der Waals surface area contributed by atoms with Crippen molar-refractivity contribution in [1.82, 2.24) is 5.32 Å². The van der Waals surface area contributed by atoms with E-state index >= 15 is 0 Å². The van der Waals surface area contributed by atoms with Gasteiger partial charge in [-0.1, -0.05) is 6.07 Å². The van der Waals surface area contributed by atoms with Gasteiger partial charge in [0.2, 0.25) is 0 Å². The lowest BCUT2D eigenvalue weighted by Crippen LogP contribution is -2.43. The van der Waals surface area contributed by atoms with Gasteiger partial charge in [0.25, 0.3) is 0 Å². The number of thiophene rings is 1. The van der Waals surface area contributed by atoms with Gasteiger partial charge in [-0.3, -0.25) is 0 Å². The van der Waals surface area contributed by atoms with Crippen molar-refractivity contribution in [1.29, 1.82) is 0 Å². The van der Waals surface area contributed by atoms with E-state index in [2.05, 4.69) is 0 Å². The van der Waals surface area contributed by atoms with Crippen molar-refractivity contribution in [3.8, 4) is 0 Å². The summed E-state index contributed by atoms with van der Waals surface area (Å²) in [7, 11) is 0. The molecular formula is C12H14N2S. The molecule has 0 spiro atoms. The van der Waals surface area contributed by atoms with Crippen molar-refractivity contribution < 1.29 is 13.7 Å². The van der Waals surface area contributed by atoms with E-state index in [0.29, 0.717) is 9.60 Å². The Hall–Kier alpha value is -1.06. The van der Waals surface area contributed by atoms with Gasteiger partial charge in [-0.05, 0) is 23.5 Å². The van der Waals surface area contributed by atoms with E-state index in [4.69, 9.17) is 13.7 Å². The first-order chi connectivity index (χ1) is 11.2. The van der Waals surface area contributed by atoms with Crippen LogP contribution < -0.4 is 10.2 Å². The van der Waals surface area contributed by atoms with E-state index in [-0.39, 0.29) is 23.2 Å². The second kappa shape index (κ2) is 3.83. The molecule has 1 aromatic carbocycles. The molecule has 0 atom stereocenters. The van der Waals surface area contributed by atoms with Crippen molar-refractivity contribution in [2.75, 3.05) is 30.9 Å². The van der Waals surface area contributed by atoms with Crippen LogP contribution in [0.1, 0.15) is 13.7 Å². The number of nitrogens with one attached hydrogen (secondary N) is 1. The molecule has 0 aliphatic carbocycles. The summed E-state index contributed by atoms with van der Waals surface area (Å²) in [6.45, 7) is -11.9. The Kier molecular flexibility index (Phi) is 0.886. The van der Waals surface area contributed by atoms with Crippen LogP contribution >= 0.6 is 11.3 Å². The predicted molar refractivity (Wildman–Crippen MR) is 66.9 cm³/mol. The molecule has 0 unspecified atom stereocenters. The number of hydrogen-bond acceptors (Lipinski definition) is 3. The van der Waals surface area contributed by atoms with Gasteiger partial charge >= 0.3 is 0 Å². The molecule has 3 heteroatoms. The third-order valence-electron chi connectivity index (χ3n) is 2.02. The number of benzene rings is 1. The molecule has 0 bridgehead atoms. The van der Waals surface area contributed by atoms with E-state index in [0.717, 1.165) is 17.4 Å². The zero-order chi connectivity index (χ0) is 19.0. The van der Waals surface area contributed by atoms with E-state index in [1.165, 1.54) is 6.07 Å². The first-order valence-corrected chi connectivity index (χ1v) is 5.19. The van der Waals surface area contributed by atoms with Crippen LogP contribution in [0.5, 0.6) is 0 Å². The Balaban J connectivity index is 2.39. The SMILES string of the molecule is [2H]c1cc([2H])c2sccc2c1N1C([2H])([2H])C([2H])([2H])NC([2H])([2H])C1([2H])[2H]. The molecule has 2 aromatic rings. The van der Waals surface area contributed by atoms with Gasteiger partial charge in [0, 0.05) is 47.2 Å². The number of nitrogens with zero attached hydrogens (tertiary/aromatic N) is 1. The lowest BCUT2D eigenvalue weighted by molar-refractivity contribution is 0.590. The summed E-state index contributed by atoms with van der Waals surface area (Å²) in [6, 6.07) is 2.25. The summed E-state index contributed by atoms with van der Waals surface area (Å²) in [6.07, 6.45) is 0.